The maximum Gasteiger partial charge on any atom is 0.0587 e. The van der Waals surface area contributed by atoms with Gasteiger partial charge in [-0.25, -0.2) is 0 Å². The van der Waals surface area contributed by atoms with E-state index in [9.17, 15) is 0 Å². The monoisotopic (exact) mass is 213 g/mol. The van der Waals surface area contributed by atoms with Crippen LogP contribution in [0.2, 0.25) is 0 Å². The first-order valence-electron chi connectivity index (χ1n) is 6.12. The van der Waals surface area contributed by atoms with E-state index in [1.54, 1.807) is 0 Å². The van der Waals surface area contributed by atoms with Gasteiger partial charge in [-0.15, -0.1) is 0 Å². The molecule has 1 saturated carbocycles. The molecule has 2 rings (SSSR count). The summed E-state index contributed by atoms with van der Waals surface area (Å²) in [5, 5.41) is 9.12. The molecule has 1 aliphatic heterocycles. The number of rotatable bonds is 6. The zero-order chi connectivity index (χ0) is 10.9. The minimum absolute atomic E-state index is 0.321. The molecule has 0 bridgehead atoms. The Morgan fingerprint density at radius 3 is 2.60 bits per heavy atom. The van der Waals surface area contributed by atoms with Crippen LogP contribution in [0, 0.1) is 5.41 Å². The smallest absolute Gasteiger partial charge is 0.0587 e. The van der Waals surface area contributed by atoms with Crippen molar-refractivity contribution < 1.29 is 9.84 Å². The summed E-state index contributed by atoms with van der Waals surface area (Å²) < 4.78 is 5.72. The summed E-state index contributed by atoms with van der Waals surface area (Å²) in [6.45, 7) is 7.70. The fraction of sp³-hybridized carbons (Fsp3) is 1.00. The Morgan fingerprint density at radius 2 is 2.20 bits per heavy atom. The molecule has 1 unspecified atom stereocenters. The lowest BCUT2D eigenvalue weighted by molar-refractivity contribution is -0.0103. The van der Waals surface area contributed by atoms with Crippen molar-refractivity contribution >= 4 is 0 Å². The first-order valence-corrected chi connectivity index (χ1v) is 6.12. The molecular formula is C12H23NO2. The van der Waals surface area contributed by atoms with Crippen LogP contribution >= 0.6 is 0 Å². The van der Waals surface area contributed by atoms with Gasteiger partial charge in [-0.1, -0.05) is 0 Å². The normalized spacial score (nSPS) is 29.2. The van der Waals surface area contributed by atoms with E-state index in [-0.39, 0.29) is 0 Å². The van der Waals surface area contributed by atoms with Crippen LogP contribution in [-0.2, 0) is 4.74 Å². The number of aliphatic hydroxyl groups is 1. The molecule has 1 N–H and O–H groups in total. The molecule has 0 radical (unpaired) electrons. The van der Waals surface area contributed by atoms with E-state index < -0.39 is 0 Å². The van der Waals surface area contributed by atoms with Crippen molar-refractivity contribution in [1.29, 1.82) is 0 Å². The molecule has 2 fully saturated rings. The third-order valence-electron chi connectivity index (χ3n) is 3.70. The highest BCUT2D eigenvalue weighted by molar-refractivity contribution is 4.98. The Morgan fingerprint density at radius 1 is 1.47 bits per heavy atom. The van der Waals surface area contributed by atoms with Gasteiger partial charge in [-0.05, 0) is 33.1 Å². The van der Waals surface area contributed by atoms with E-state index in [1.807, 2.05) is 0 Å². The van der Waals surface area contributed by atoms with Gasteiger partial charge in [0.25, 0.3) is 0 Å². The zero-order valence-corrected chi connectivity index (χ0v) is 9.91. The van der Waals surface area contributed by atoms with E-state index in [0.717, 1.165) is 26.1 Å². The van der Waals surface area contributed by atoms with E-state index in [2.05, 4.69) is 18.7 Å². The molecular weight excluding hydrogens is 190 g/mol. The third kappa shape index (κ3) is 2.71. The Labute approximate surface area is 92.4 Å². The predicted molar refractivity (Wildman–Crippen MR) is 59.8 cm³/mol. The Bertz CT molecular complexity index is 212. The van der Waals surface area contributed by atoms with Gasteiger partial charge in [0, 0.05) is 24.5 Å². The van der Waals surface area contributed by atoms with Crippen molar-refractivity contribution in [3.8, 4) is 0 Å². The van der Waals surface area contributed by atoms with Crippen molar-refractivity contribution in [2.45, 2.75) is 45.3 Å². The standard InChI is InChI=1S/C12H23NO2/c1-10(2)15-9-12(4-5-12)8-13-6-3-11(13)7-14/h10-11,14H,3-9H2,1-2H3. The number of aliphatic hydroxyl groups excluding tert-OH is 1. The highest BCUT2D eigenvalue weighted by Crippen LogP contribution is 2.47. The molecule has 88 valence electrons. The fourth-order valence-corrected chi connectivity index (χ4v) is 2.21. The second-order valence-electron chi connectivity index (χ2n) is 5.46. The molecule has 15 heavy (non-hydrogen) atoms. The number of ether oxygens (including phenoxy) is 1. The van der Waals surface area contributed by atoms with Crippen LogP contribution in [0.4, 0.5) is 0 Å². The van der Waals surface area contributed by atoms with Gasteiger partial charge in [0.1, 0.15) is 0 Å². The number of likely N-dealkylation sites (tertiary alicyclic amines) is 1. The second-order valence-corrected chi connectivity index (χ2v) is 5.46. The van der Waals surface area contributed by atoms with Crippen LogP contribution < -0.4 is 0 Å². The number of hydrogen-bond donors (Lipinski definition) is 1. The summed E-state index contributed by atoms with van der Waals surface area (Å²) in [5.41, 5.74) is 0.429. The van der Waals surface area contributed by atoms with Gasteiger partial charge >= 0.3 is 0 Å². The Kier molecular flexibility index (Phi) is 3.33. The van der Waals surface area contributed by atoms with Gasteiger partial charge in [0.15, 0.2) is 0 Å². The van der Waals surface area contributed by atoms with Gasteiger partial charge in [-0.3, -0.25) is 4.90 Å². The Balaban J connectivity index is 1.73. The molecule has 0 spiro atoms. The molecule has 1 saturated heterocycles. The molecule has 2 aliphatic rings. The van der Waals surface area contributed by atoms with Gasteiger partial charge < -0.3 is 9.84 Å². The van der Waals surface area contributed by atoms with E-state index >= 15 is 0 Å². The number of hydrogen-bond acceptors (Lipinski definition) is 3. The Hall–Kier alpha value is -0.120. The SMILES string of the molecule is CC(C)OCC1(CN2CCC2CO)CC1. The summed E-state index contributed by atoms with van der Waals surface area (Å²) in [6.07, 6.45) is 4.10. The highest BCUT2D eigenvalue weighted by atomic mass is 16.5. The molecule has 0 aromatic rings. The second kappa shape index (κ2) is 4.40. The molecule has 1 aliphatic carbocycles. The number of nitrogens with zero attached hydrogens (tertiary/aromatic N) is 1. The van der Waals surface area contributed by atoms with Gasteiger partial charge in [0.2, 0.25) is 0 Å². The van der Waals surface area contributed by atoms with Crippen LogP contribution in [-0.4, -0.2) is 48.5 Å². The maximum absolute atomic E-state index is 9.12. The summed E-state index contributed by atoms with van der Waals surface area (Å²) in [7, 11) is 0. The molecule has 1 atom stereocenters. The summed E-state index contributed by atoms with van der Waals surface area (Å²) in [6, 6.07) is 0.432. The average molecular weight is 213 g/mol. The molecule has 0 aromatic carbocycles. The molecule has 1 heterocycles. The van der Waals surface area contributed by atoms with Crippen molar-refractivity contribution in [2.24, 2.45) is 5.41 Å². The van der Waals surface area contributed by atoms with Crippen molar-refractivity contribution in [3.63, 3.8) is 0 Å². The van der Waals surface area contributed by atoms with Crippen LogP contribution in [0.5, 0.6) is 0 Å². The van der Waals surface area contributed by atoms with E-state index in [1.165, 1.54) is 12.8 Å². The summed E-state index contributed by atoms with van der Waals surface area (Å²) in [4.78, 5) is 2.41. The average Bonchev–Trinajstić information content (AvgIpc) is 2.91. The lowest BCUT2D eigenvalue weighted by Crippen LogP contribution is -2.52. The van der Waals surface area contributed by atoms with Crippen LogP contribution in [0.1, 0.15) is 33.1 Å². The maximum atomic E-state index is 9.12. The molecule has 0 aromatic heterocycles. The molecule has 0 amide bonds. The zero-order valence-electron chi connectivity index (χ0n) is 9.91. The lowest BCUT2D eigenvalue weighted by Gasteiger charge is -2.42. The first kappa shape index (κ1) is 11.4. The highest BCUT2D eigenvalue weighted by Gasteiger charge is 2.46. The van der Waals surface area contributed by atoms with E-state index in [4.69, 9.17) is 9.84 Å². The first-order chi connectivity index (χ1) is 7.15. The summed E-state index contributed by atoms with van der Waals surface area (Å²) >= 11 is 0. The summed E-state index contributed by atoms with van der Waals surface area (Å²) in [5.74, 6) is 0. The van der Waals surface area contributed by atoms with Crippen LogP contribution in [0.3, 0.4) is 0 Å². The quantitative estimate of drug-likeness (QED) is 0.721. The van der Waals surface area contributed by atoms with Crippen molar-refractivity contribution in [3.05, 3.63) is 0 Å². The van der Waals surface area contributed by atoms with Crippen molar-refractivity contribution in [1.82, 2.24) is 4.90 Å². The largest absolute Gasteiger partial charge is 0.395 e. The topological polar surface area (TPSA) is 32.7 Å². The van der Waals surface area contributed by atoms with Gasteiger partial charge in [-0.2, -0.15) is 0 Å². The minimum Gasteiger partial charge on any atom is -0.395 e. The van der Waals surface area contributed by atoms with Crippen LogP contribution in [0.25, 0.3) is 0 Å². The minimum atomic E-state index is 0.321. The van der Waals surface area contributed by atoms with E-state index in [0.29, 0.717) is 24.2 Å². The van der Waals surface area contributed by atoms with Gasteiger partial charge in [0.05, 0.1) is 19.3 Å². The molecule has 3 nitrogen and oxygen atoms in total. The van der Waals surface area contributed by atoms with Crippen LogP contribution in [0.15, 0.2) is 0 Å². The predicted octanol–water partition coefficient (Wildman–Crippen LogP) is 1.26. The lowest BCUT2D eigenvalue weighted by atomic mass is 9.99. The third-order valence-corrected chi connectivity index (χ3v) is 3.70. The molecule has 3 heteroatoms. The van der Waals surface area contributed by atoms with Crippen molar-refractivity contribution in [2.75, 3.05) is 26.3 Å². The fourth-order valence-electron chi connectivity index (χ4n) is 2.21.